The minimum Gasteiger partial charge on any atom is -0.481 e. The highest BCUT2D eigenvalue weighted by Crippen LogP contribution is 2.18. The molecule has 0 aliphatic carbocycles. The maximum absolute atomic E-state index is 12.4. The molecule has 0 unspecified atom stereocenters. The highest BCUT2D eigenvalue weighted by atomic mass is 32.2. The van der Waals surface area contributed by atoms with Crippen LogP contribution in [0.5, 0.6) is 0 Å². The normalized spacial score (nSPS) is 14.9. The molecule has 2 atom stereocenters. The molecule has 4 N–H and O–H groups in total. The van der Waals surface area contributed by atoms with E-state index >= 15 is 0 Å². The first-order valence-corrected chi connectivity index (χ1v) is 7.71. The van der Waals surface area contributed by atoms with Gasteiger partial charge in [0.25, 0.3) is 0 Å². The zero-order valence-corrected chi connectivity index (χ0v) is 13.8. The summed E-state index contributed by atoms with van der Waals surface area (Å²) in [5.74, 6) is -1.15. The molecule has 0 bridgehead atoms. The lowest BCUT2D eigenvalue weighted by Gasteiger charge is -2.34. The number of hydrogen-bond acceptors (Lipinski definition) is 5. The van der Waals surface area contributed by atoms with Crippen LogP contribution in [-0.2, 0) is 9.59 Å². The van der Waals surface area contributed by atoms with Crippen molar-refractivity contribution in [1.29, 1.82) is 0 Å². The molecule has 0 aromatic carbocycles. The third-order valence-electron chi connectivity index (χ3n) is 2.37. The summed E-state index contributed by atoms with van der Waals surface area (Å²) in [4.78, 5) is 23.1. The van der Waals surface area contributed by atoms with E-state index in [-0.39, 0.29) is 23.2 Å². The van der Waals surface area contributed by atoms with Crippen molar-refractivity contribution in [2.24, 2.45) is 5.73 Å². The maximum atomic E-state index is 12.4. The van der Waals surface area contributed by atoms with Crippen LogP contribution < -0.4 is 11.1 Å². The molecule has 0 saturated heterocycles. The summed E-state index contributed by atoms with van der Waals surface area (Å²) in [6.45, 7) is 10.1. The lowest BCUT2D eigenvalue weighted by Crippen LogP contribution is -2.56. The van der Waals surface area contributed by atoms with E-state index in [4.69, 9.17) is 10.8 Å². The van der Waals surface area contributed by atoms with E-state index < -0.39 is 12.0 Å². The van der Waals surface area contributed by atoms with Crippen molar-refractivity contribution in [2.45, 2.75) is 58.7 Å². The van der Waals surface area contributed by atoms with Gasteiger partial charge in [0.1, 0.15) is 11.8 Å². The molecule has 0 saturated carbocycles. The van der Waals surface area contributed by atoms with Crippen LogP contribution in [0, 0.1) is 0 Å². The first-order valence-electron chi connectivity index (χ1n) is 6.77. The number of amides is 1. The molecule has 6 nitrogen and oxygen atoms in total. The van der Waals surface area contributed by atoms with Gasteiger partial charge in [-0.05, 0) is 34.1 Å². The summed E-state index contributed by atoms with van der Waals surface area (Å²) < 4.78 is 1.78. The van der Waals surface area contributed by atoms with Crippen molar-refractivity contribution in [1.82, 2.24) is 9.62 Å². The van der Waals surface area contributed by atoms with Crippen LogP contribution >= 0.6 is 11.9 Å². The minimum atomic E-state index is -0.907. The molecule has 0 aliphatic rings. The standard InChI is InChI=1S/C13H27N3O3S/c1-6-7-16(20-8-10(17)18)11(9(2)14)12(19)15-13(3,4)5/h9,11H,6-8,14H2,1-5H3,(H,15,19)(H,17,18)/t9-,11-/m0/s1. The fraction of sp³-hybridized carbons (Fsp3) is 0.846. The Hall–Kier alpha value is -0.790. The average Bonchev–Trinajstić information content (AvgIpc) is 2.22. The first-order chi connectivity index (χ1) is 9.08. The molecule has 0 spiro atoms. The third-order valence-corrected chi connectivity index (χ3v) is 3.49. The molecule has 0 heterocycles. The second kappa shape index (κ2) is 8.49. The van der Waals surface area contributed by atoms with Crippen molar-refractivity contribution >= 4 is 23.8 Å². The predicted molar refractivity (Wildman–Crippen MR) is 82.4 cm³/mol. The molecule has 0 aromatic rings. The quantitative estimate of drug-likeness (QED) is 0.580. The maximum Gasteiger partial charge on any atom is 0.314 e. The van der Waals surface area contributed by atoms with Crippen LogP contribution in [0.4, 0.5) is 0 Å². The van der Waals surface area contributed by atoms with E-state index in [0.717, 1.165) is 18.4 Å². The number of hydrogen-bond donors (Lipinski definition) is 3. The van der Waals surface area contributed by atoms with Crippen molar-refractivity contribution in [3.63, 3.8) is 0 Å². The van der Waals surface area contributed by atoms with Crippen LogP contribution in [0.25, 0.3) is 0 Å². The van der Waals surface area contributed by atoms with Crippen molar-refractivity contribution in [2.75, 3.05) is 12.3 Å². The van der Waals surface area contributed by atoms with Crippen LogP contribution in [0.2, 0.25) is 0 Å². The number of rotatable bonds is 8. The van der Waals surface area contributed by atoms with E-state index in [1.54, 1.807) is 11.2 Å². The zero-order chi connectivity index (χ0) is 15.9. The molecule has 0 aromatic heterocycles. The Morgan fingerprint density at radius 1 is 1.40 bits per heavy atom. The molecule has 20 heavy (non-hydrogen) atoms. The van der Waals surface area contributed by atoms with Gasteiger partial charge in [-0.25, -0.2) is 4.31 Å². The van der Waals surface area contributed by atoms with Gasteiger partial charge in [0.15, 0.2) is 0 Å². The lowest BCUT2D eigenvalue weighted by molar-refractivity contribution is -0.134. The number of nitrogens with one attached hydrogen (secondary N) is 1. The molecule has 0 rings (SSSR count). The van der Waals surface area contributed by atoms with E-state index in [2.05, 4.69) is 5.32 Å². The van der Waals surface area contributed by atoms with Gasteiger partial charge in [-0.3, -0.25) is 9.59 Å². The number of nitrogens with two attached hydrogens (primary N) is 1. The van der Waals surface area contributed by atoms with E-state index in [1.807, 2.05) is 27.7 Å². The van der Waals surface area contributed by atoms with Gasteiger partial charge in [0.2, 0.25) is 5.91 Å². The predicted octanol–water partition coefficient (Wildman–Crippen LogP) is 1.06. The average molecular weight is 305 g/mol. The Balaban J connectivity index is 4.97. The Bertz CT molecular complexity index is 329. The van der Waals surface area contributed by atoms with Crippen LogP contribution in [0.3, 0.4) is 0 Å². The van der Waals surface area contributed by atoms with Gasteiger partial charge in [-0.15, -0.1) is 0 Å². The summed E-state index contributed by atoms with van der Waals surface area (Å²) in [5.41, 5.74) is 5.58. The summed E-state index contributed by atoms with van der Waals surface area (Å²) in [7, 11) is 0. The summed E-state index contributed by atoms with van der Waals surface area (Å²) in [6, 6.07) is -0.927. The molecular weight excluding hydrogens is 278 g/mol. The van der Waals surface area contributed by atoms with Crippen molar-refractivity contribution in [3.05, 3.63) is 0 Å². The first kappa shape index (κ1) is 19.2. The SMILES string of the molecule is CCCN(SCC(=O)O)[C@H](C(=O)NC(C)(C)C)[C@H](C)N. The summed E-state index contributed by atoms with van der Waals surface area (Å²) in [6.07, 6.45) is 0.818. The summed E-state index contributed by atoms with van der Waals surface area (Å²) >= 11 is 1.14. The number of carboxylic acid groups (broad SMARTS) is 1. The fourth-order valence-corrected chi connectivity index (χ4v) is 2.75. The molecule has 0 fully saturated rings. The molecule has 118 valence electrons. The van der Waals surface area contributed by atoms with Gasteiger partial charge in [-0.1, -0.05) is 18.9 Å². The smallest absolute Gasteiger partial charge is 0.314 e. The Morgan fingerprint density at radius 3 is 2.30 bits per heavy atom. The fourth-order valence-electron chi connectivity index (χ4n) is 1.72. The van der Waals surface area contributed by atoms with Crippen molar-refractivity contribution in [3.8, 4) is 0 Å². The minimum absolute atomic E-state index is 0.0774. The van der Waals surface area contributed by atoms with E-state index in [1.165, 1.54) is 0 Å². The molecular formula is C13H27N3O3S. The van der Waals surface area contributed by atoms with E-state index in [9.17, 15) is 9.59 Å². The number of carbonyl (C=O) groups excluding carboxylic acids is 1. The molecule has 1 amide bonds. The molecule has 7 heteroatoms. The number of aliphatic carboxylic acids is 1. The number of nitrogens with zero attached hydrogens (tertiary/aromatic N) is 1. The molecule has 0 radical (unpaired) electrons. The van der Waals surface area contributed by atoms with Crippen LogP contribution in [0.1, 0.15) is 41.0 Å². The topological polar surface area (TPSA) is 95.7 Å². The third kappa shape index (κ3) is 7.72. The highest BCUT2D eigenvalue weighted by Gasteiger charge is 2.31. The van der Waals surface area contributed by atoms with Gasteiger partial charge < -0.3 is 16.2 Å². The molecule has 0 aliphatic heterocycles. The monoisotopic (exact) mass is 305 g/mol. The van der Waals surface area contributed by atoms with E-state index in [0.29, 0.717) is 6.54 Å². The Morgan fingerprint density at radius 2 is 1.95 bits per heavy atom. The number of carboxylic acids is 1. The zero-order valence-electron chi connectivity index (χ0n) is 13.0. The number of carbonyl (C=O) groups is 2. The van der Waals surface area contributed by atoms with Gasteiger partial charge in [0.05, 0.1) is 0 Å². The van der Waals surface area contributed by atoms with Crippen LogP contribution in [-0.4, -0.2) is 51.2 Å². The second-order valence-corrected chi connectivity index (χ2v) is 6.87. The van der Waals surface area contributed by atoms with Gasteiger partial charge in [-0.2, -0.15) is 0 Å². The Labute approximate surface area is 125 Å². The van der Waals surface area contributed by atoms with Gasteiger partial charge >= 0.3 is 5.97 Å². The highest BCUT2D eigenvalue weighted by molar-refractivity contribution is 7.97. The lowest BCUT2D eigenvalue weighted by atomic mass is 10.1. The van der Waals surface area contributed by atoms with Crippen molar-refractivity contribution < 1.29 is 14.7 Å². The summed E-state index contributed by atoms with van der Waals surface area (Å²) in [5, 5.41) is 11.7. The van der Waals surface area contributed by atoms with Crippen LogP contribution in [0.15, 0.2) is 0 Å². The second-order valence-electron chi connectivity index (χ2n) is 5.85. The largest absolute Gasteiger partial charge is 0.481 e. The Kier molecular flexibility index (Phi) is 8.15. The van der Waals surface area contributed by atoms with Gasteiger partial charge in [0, 0.05) is 18.1 Å².